The second-order valence-corrected chi connectivity index (χ2v) is 5.83. The molecule has 1 unspecified atom stereocenters. The highest BCUT2D eigenvalue weighted by Crippen LogP contribution is 2.13. The monoisotopic (exact) mass is 293 g/mol. The van der Waals surface area contributed by atoms with E-state index in [0.717, 1.165) is 13.0 Å². The smallest absolute Gasteiger partial charge is 0.0897 e. The van der Waals surface area contributed by atoms with Gasteiger partial charge in [0.1, 0.15) is 0 Å². The number of benzene rings is 1. The zero-order valence-corrected chi connectivity index (χ0v) is 13.8. The van der Waals surface area contributed by atoms with Crippen LogP contribution in [0.5, 0.6) is 0 Å². The fourth-order valence-electron chi connectivity index (χ4n) is 2.28. The van der Waals surface area contributed by atoms with Gasteiger partial charge in [-0.25, -0.2) is 0 Å². The molecule has 1 rings (SSSR count). The van der Waals surface area contributed by atoms with Gasteiger partial charge in [0.05, 0.1) is 12.7 Å². The first-order valence-electron chi connectivity index (χ1n) is 8.19. The van der Waals surface area contributed by atoms with Gasteiger partial charge in [0, 0.05) is 19.2 Å². The summed E-state index contributed by atoms with van der Waals surface area (Å²) >= 11 is 0. The zero-order chi connectivity index (χ0) is 15.5. The lowest BCUT2D eigenvalue weighted by molar-refractivity contribution is 0.0343. The van der Waals surface area contributed by atoms with Gasteiger partial charge < -0.3 is 15.2 Å². The number of aliphatic hydroxyl groups excluding tert-OH is 1. The second-order valence-electron chi connectivity index (χ2n) is 5.83. The van der Waals surface area contributed by atoms with Crippen LogP contribution in [0.3, 0.4) is 0 Å². The average Bonchev–Trinajstić information content (AvgIpc) is 2.48. The largest absolute Gasteiger partial charge is 0.389 e. The molecule has 0 aliphatic rings. The molecule has 1 aromatic rings. The van der Waals surface area contributed by atoms with Gasteiger partial charge in [-0.3, -0.25) is 0 Å². The van der Waals surface area contributed by atoms with Crippen molar-refractivity contribution in [3.63, 3.8) is 0 Å². The van der Waals surface area contributed by atoms with Crippen molar-refractivity contribution in [2.45, 2.75) is 58.6 Å². The van der Waals surface area contributed by atoms with E-state index < -0.39 is 6.10 Å². The van der Waals surface area contributed by atoms with Crippen LogP contribution in [0.1, 0.15) is 56.7 Å². The number of aliphatic hydroxyl groups is 1. The number of ether oxygens (including phenoxy) is 1. The summed E-state index contributed by atoms with van der Waals surface area (Å²) in [6.07, 6.45) is 4.37. The summed E-state index contributed by atoms with van der Waals surface area (Å²) in [6.45, 7) is 8.14. The minimum Gasteiger partial charge on any atom is -0.389 e. The Morgan fingerprint density at radius 2 is 2.05 bits per heavy atom. The van der Waals surface area contributed by atoms with E-state index in [0.29, 0.717) is 13.2 Å². The third-order valence-electron chi connectivity index (χ3n) is 3.65. The quantitative estimate of drug-likeness (QED) is 0.613. The number of hydrogen-bond acceptors (Lipinski definition) is 3. The highest BCUT2D eigenvalue weighted by atomic mass is 16.5. The normalized spacial score (nSPS) is 14.1. The molecule has 0 heterocycles. The molecule has 3 nitrogen and oxygen atoms in total. The van der Waals surface area contributed by atoms with Crippen LogP contribution in [0.4, 0.5) is 0 Å². The average molecular weight is 293 g/mol. The molecule has 1 aromatic carbocycles. The maximum absolute atomic E-state index is 9.91. The summed E-state index contributed by atoms with van der Waals surface area (Å²) in [7, 11) is 0. The number of unbranched alkanes of at least 4 members (excludes halogenated alkanes) is 3. The van der Waals surface area contributed by atoms with E-state index in [4.69, 9.17) is 4.74 Å². The molecule has 0 fully saturated rings. The lowest BCUT2D eigenvalue weighted by Crippen LogP contribution is -2.32. The van der Waals surface area contributed by atoms with Crippen molar-refractivity contribution < 1.29 is 9.84 Å². The highest BCUT2D eigenvalue weighted by Gasteiger charge is 2.09. The SMILES string of the molecule is CCCCCCOCC(O)CN[C@H](C)c1cccc(C)c1. The summed E-state index contributed by atoms with van der Waals surface area (Å²) in [4.78, 5) is 0. The molecule has 0 amide bonds. The van der Waals surface area contributed by atoms with E-state index in [2.05, 4.69) is 50.4 Å². The Bertz CT molecular complexity index is 381. The molecular weight excluding hydrogens is 262 g/mol. The third-order valence-corrected chi connectivity index (χ3v) is 3.65. The van der Waals surface area contributed by atoms with Gasteiger partial charge in [0.2, 0.25) is 0 Å². The van der Waals surface area contributed by atoms with Gasteiger partial charge in [-0.05, 0) is 25.8 Å². The van der Waals surface area contributed by atoms with Crippen LogP contribution in [0.2, 0.25) is 0 Å². The van der Waals surface area contributed by atoms with Crippen LogP contribution in [0.15, 0.2) is 24.3 Å². The first-order valence-corrected chi connectivity index (χ1v) is 8.19. The molecule has 2 atom stereocenters. The fraction of sp³-hybridized carbons (Fsp3) is 0.667. The summed E-state index contributed by atoms with van der Waals surface area (Å²) in [5.41, 5.74) is 2.51. The molecule has 0 saturated heterocycles. The molecule has 0 bridgehead atoms. The summed E-state index contributed by atoms with van der Waals surface area (Å²) < 4.78 is 5.51. The number of aryl methyl sites for hydroxylation is 1. The van der Waals surface area contributed by atoms with Crippen LogP contribution < -0.4 is 5.32 Å². The van der Waals surface area contributed by atoms with Gasteiger partial charge in [0.25, 0.3) is 0 Å². The first kappa shape index (κ1) is 18.1. The lowest BCUT2D eigenvalue weighted by atomic mass is 10.1. The maximum Gasteiger partial charge on any atom is 0.0897 e. The van der Waals surface area contributed by atoms with Crippen LogP contribution in [0, 0.1) is 6.92 Å². The van der Waals surface area contributed by atoms with Gasteiger partial charge in [0.15, 0.2) is 0 Å². The van der Waals surface area contributed by atoms with Gasteiger partial charge in [-0.2, -0.15) is 0 Å². The van der Waals surface area contributed by atoms with Crippen molar-refractivity contribution in [2.75, 3.05) is 19.8 Å². The van der Waals surface area contributed by atoms with Crippen LogP contribution in [-0.4, -0.2) is 31.0 Å². The van der Waals surface area contributed by atoms with Crippen LogP contribution in [0.25, 0.3) is 0 Å². The summed E-state index contributed by atoms with van der Waals surface area (Å²) in [5.74, 6) is 0. The van der Waals surface area contributed by atoms with Crippen molar-refractivity contribution >= 4 is 0 Å². The molecule has 0 saturated carbocycles. The van der Waals surface area contributed by atoms with E-state index in [1.54, 1.807) is 0 Å². The van der Waals surface area contributed by atoms with Gasteiger partial charge in [-0.1, -0.05) is 56.0 Å². The number of hydrogen-bond donors (Lipinski definition) is 2. The third kappa shape index (κ3) is 8.20. The molecule has 2 N–H and O–H groups in total. The molecule has 0 spiro atoms. The maximum atomic E-state index is 9.91. The number of rotatable bonds is 11. The summed E-state index contributed by atoms with van der Waals surface area (Å²) in [6, 6.07) is 8.69. The van der Waals surface area contributed by atoms with E-state index in [-0.39, 0.29) is 6.04 Å². The highest BCUT2D eigenvalue weighted by molar-refractivity contribution is 5.24. The minimum atomic E-state index is -0.441. The fourth-order valence-corrected chi connectivity index (χ4v) is 2.28. The second kappa shape index (κ2) is 10.8. The van der Waals surface area contributed by atoms with Crippen molar-refractivity contribution in [3.8, 4) is 0 Å². The van der Waals surface area contributed by atoms with E-state index in [1.165, 1.54) is 30.4 Å². The predicted molar refractivity (Wildman–Crippen MR) is 88.6 cm³/mol. The Kier molecular flexibility index (Phi) is 9.31. The molecule has 120 valence electrons. The van der Waals surface area contributed by atoms with Crippen LogP contribution in [-0.2, 0) is 4.74 Å². The van der Waals surface area contributed by atoms with Gasteiger partial charge >= 0.3 is 0 Å². The Hall–Kier alpha value is -0.900. The Labute approximate surface area is 129 Å². The van der Waals surface area contributed by atoms with E-state index >= 15 is 0 Å². The van der Waals surface area contributed by atoms with Crippen molar-refractivity contribution in [2.24, 2.45) is 0 Å². The first-order chi connectivity index (χ1) is 10.1. The van der Waals surface area contributed by atoms with E-state index in [1.807, 2.05) is 0 Å². The minimum absolute atomic E-state index is 0.240. The Balaban J connectivity index is 2.13. The number of nitrogens with one attached hydrogen (secondary N) is 1. The van der Waals surface area contributed by atoms with Crippen molar-refractivity contribution in [1.82, 2.24) is 5.32 Å². The van der Waals surface area contributed by atoms with E-state index in [9.17, 15) is 5.11 Å². The molecule has 0 aromatic heterocycles. The molecular formula is C18H31NO2. The molecule has 0 radical (unpaired) electrons. The molecule has 21 heavy (non-hydrogen) atoms. The Morgan fingerprint density at radius 3 is 2.76 bits per heavy atom. The molecule has 0 aliphatic heterocycles. The van der Waals surface area contributed by atoms with Crippen molar-refractivity contribution in [1.29, 1.82) is 0 Å². The van der Waals surface area contributed by atoms with Gasteiger partial charge in [-0.15, -0.1) is 0 Å². The topological polar surface area (TPSA) is 41.5 Å². The standard InChI is InChI=1S/C18H31NO2/c1-4-5-6-7-11-21-14-18(20)13-19-16(3)17-10-8-9-15(2)12-17/h8-10,12,16,18-20H,4-7,11,13-14H2,1-3H3/t16-,18?/m1/s1. The summed E-state index contributed by atoms with van der Waals surface area (Å²) in [5, 5.41) is 13.3. The lowest BCUT2D eigenvalue weighted by Gasteiger charge is -2.18. The van der Waals surface area contributed by atoms with Crippen LogP contribution >= 0.6 is 0 Å². The zero-order valence-electron chi connectivity index (χ0n) is 13.8. The Morgan fingerprint density at radius 1 is 1.24 bits per heavy atom. The van der Waals surface area contributed by atoms with Crippen molar-refractivity contribution in [3.05, 3.63) is 35.4 Å². The molecule has 3 heteroatoms. The predicted octanol–water partition coefficient (Wildman–Crippen LogP) is 3.60. The molecule has 0 aliphatic carbocycles.